The molecular weight excluding hydrogens is 250 g/mol. The Hall–Kier alpha value is -1.81. The zero-order chi connectivity index (χ0) is 15.2. The van der Waals surface area contributed by atoms with Gasteiger partial charge < -0.3 is 16.0 Å². The molecule has 4 heteroatoms. The molecule has 20 heavy (non-hydrogen) atoms. The fraction of sp³-hybridized carbons (Fsp3) is 0.438. The van der Waals surface area contributed by atoms with Gasteiger partial charge in [-0.1, -0.05) is 26.0 Å². The van der Waals surface area contributed by atoms with Crippen molar-refractivity contribution in [1.82, 2.24) is 10.2 Å². The van der Waals surface area contributed by atoms with Gasteiger partial charge in [-0.15, -0.1) is 0 Å². The van der Waals surface area contributed by atoms with Gasteiger partial charge in [-0.05, 0) is 43.3 Å². The van der Waals surface area contributed by atoms with Crippen LogP contribution >= 0.6 is 0 Å². The van der Waals surface area contributed by atoms with Crippen molar-refractivity contribution >= 4 is 17.7 Å². The maximum Gasteiger partial charge on any atom is 0.244 e. The second-order valence-corrected chi connectivity index (χ2v) is 6.12. The van der Waals surface area contributed by atoms with Crippen LogP contribution in [0.2, 0.25) is 0 Å². The van der Waals surface area contributed by atoms with E-state index in [1.165, 1.54) is 0 Å². The summed E-state index contributed by atoms with van der Waals surface area (Å²) >= 11 is 0. The van der Waals surface area contributed by atoms with Gasteiger partial charge in [0.25, 0.3) is 0 Å². The van der Waals surface area contributed by atoms with Gasteiger partial charge in [0, 0.05) is 24.9 Å². The number of hydrogen-bond acceptors (Lipinski definition) is 3. The number of carbonyl (C=O) groups is 1. The fourth-order valence-electron chi connectivity index (χ4n) is 2.08. The molecule has 0 aliphatic rings. The predicted molar refractivity (Wildman–Crippen MR) is 85.2 cm³/mol. The monoisotopic (exact) mass is 275 g/mol. The van der Waals surface area contributed by atoms with Crippen LogP contribution in [-0.4, -0.2) is 38.0 Å². The lowest BCUT2D eigenvalue weighted by molar-refractivity contribution is -0.116. The Bertz CT molecular complexity index is 461. The zero-order valence-corrected chi connectivity index (χ0v) is 12.8. The van der Waals surface area contributed by atoms with E-state index in [9.17, 15) is 4.79 Å². The molecule has 1 aromatic carbocycles. The third kappa shape index (κ3) is 6.38. The molecule has 3 N–H and O–H groups in total. The molecule has 0 unspecified atom stereocenters. The lowest BCUT2D eigenvalue weighted by Crippen LogP contribution is -2.39. The number of nitrogens with zero attached hydrogens (tertiary/aromatic N) is 1. The number of nitrogens with two attached hydrogens (primary N) is 1. The highest BCUT2D eigenvalue weighted by atomic mass is 16.1. The quantitative estimate of drug-likeness (QED) is 0.616. The molecule has 0 atom stereocenters. The van der Waals surface area contributed by atoms with Crippen molar-refractivity contribution in [2.75, 3.05) is 32.9 Å². The number of rotatable bonds is 6. The van der Waals surface area contributed by atoms with Crippen molar-refractivity contribution in [2.45, 2.75) is 13.8 Å². The summed E-state index contributed by atoms with van der Waals surface area (Å²) in [6.07, 6.45) is 3.34. The second-order valence-electron chi connectivity index (χ2n) is 6.12. The molecule has 0 bridgehead atoms. The number of amides is 1. The number of anilines is 1. The van der Waals surface area contributed by atoms with Crippen LogP contribution in [0, 0.1) is 5.41 Å². The van der Waals surface area contributed by atoms with Crippen LogP contribution in [0.15, 0.2) is 30.3 Å². The van der Waals surface area contributed by atoms with Gasteiger partial charge >= 0.3 is 0 Å². The van der Waals surface area contributed by atoms with Crippen molar-refractivity contribution in [3.8, 4) is 0 Å². The van der Waals surface area contributed by atoms with E-state index in [1.807, 2.05) is 38.4 Å². The summed E-state index contributed by atoms with van der Waals surface area (Å²) < 4.78 is 0. The molecule has 1 aromatic rings. The first-order valence-corrected chi connectivity index (χ1v) is 6.75. The molecule has 0 aliphatic heterocycles. The van der Waals surface area contributed by atoms with Crippen molar-refractivity contribution in [3.05, 3.63) is 35.9 Å². The van der Waals surface area contributed by atoms with Gasteiger partial charge in [0.2, 0.25) is 5.91 Å². The third-order valence-electron chi connectivity index (χ3n) is 2.85. The molecular formula is C16H25N3O. The molecule has 0 radical (unpaired) electrons. The Morgan fingerprint density at radius 1 is 1.30 bits per heavy atom. The number of nitrogen functional groups attached to an aromatic ring is 1. The Morgan fingerprint density at radius 3 is 2.45 bits per heavy atom. The Balaban J connectivity index is 2.45. The highest BCUT2D eigenvalue weighted by Gasteiger charge is 2.19. The normalized spacial score (nSPS) is 12.1. The summed E-state index contributed by atoms with van der Waals surface area (Å²) in [4.78, 5) is 13.9. The summed E-state index contributed by atoms with van der Waals surface area (Å²) in [7, 11) is 4.06. The van der Waals surface area contributed by atoms with E-state index in [0.29, 0.717) is 6.54 Å². The van der Waals surface area contributed by atoms with E-state index in [2.05, 4.69) is 24.1 Å². The van der Waals surface area contributed by atoms with E-state index < -0.39 is 0 Å². The lowest BCUT2D eigenvalue weighted by Gasteiger charge is -2.28. The van der Waals surface area contributed by atoms with Crippen LogP contribution in [0.5, 0.6) is 0 Å². The van der Waals surface area contributed by atoms with Gasteiger partial charge in [-0.3, -0.25) is 4.79 Å². The summed E-state index contributed by atoms with van der Waals surface area (Å²) in [5.41, 5.74) is 7.34. The number of hydrogen-bond donors (Lipinski definition) is 2. The van der Waals surface area contributed by atoms with E-state index >= 15 is 0 Å². The van der Waals surface area contributed by atoms with Crippen LogP contribution < -0.4 is 11.1 Å². The molecule has 110 valence electrons. The largest absolute Gasteiger partial charge is 0.399 e. The highest BCUT2D eigenvalue weighted by molar-refractivity contribution is 5.91. The molecule has 4 nitrogen and oxygen atoms in total. The number of carbonyl (C=O) groups excluding carboxylic acids is 1. The first-order chi connectivity index (χ1) is 9.28. The van der Waals surface area contributed by atoms with Crippen LogP contribution in [0.3, 0.4) is 0 Å². The van der Waals surface area contributed by atoms with Crippen molar-refractivity contribution < 1.29 is 4.79 Å². The minimum Gasteiger partial charge on any atom is -0.399 e. The Morgan fingerprint density at radius 2 is 1.90 bits per heavy atom. The summed E-state index contributed by atoms with van der Waals surface area (Å²) in [5, 5.41) is 2.93. The molecule has 0 saturated carbocycles. The van der Waals surface area contributed by atoms with Crippen molar-refractivity contribution in [1.29, 1.82) is 0 Å². The first kappa shape index (κ1) is 16.2. The summed E-state index contributed by atoms with van der Waals surface area (Å²) in [6, 6.07) is 7.40. The van der Waals surface area contributed by atoms with Crippen LogP contribution in [-0.2, 0) is 4.79 Å². The van der Waals surface area contributed by atoms with Crippen LogP contribution in [0.4, 0.5) is 5.69 Å². The minimum atomic E-state index is -0.0753. The van der Waals surface area contributed by atoms with Gasteiger partial charge in [-0.25, -0.2) is 0 Å². The lowest BCUT2D eigenvalue weighted by atomic mass is 9.93. The molecule has 1 rings (SSSR count). The average Bonchev–Trinajstić information content (AvgIpc) is 2.34. The minimum absolute atomic E-state index is 0.0498. The molecule has 1 amide bonds. The first-order valence-electron chi connectivity index (χ1n) is 6.75. The highest BCUT2D eigenvalue weighted by Crippen LogP contribution is 2.14. The van der Waals surface area contributed by atoms with Crippen molar-refractivity contribution in [3.63, 3.8) is 0 Å². The maximum atomic E-state index is 11.8. The molecule has 0 fully saturated rings. The summed E-state index contributed by atoms with van der Waals surface area (Å²) in [6.45, 7) is 5.85. The Kier molecular flexibility index (Phi) is 5.77. The molecule has 0 aromatic heterocycles. The molecule has 0 heterocycles. The molecule has 0 aliphatic carbocycles. The smallest absolute Gasteiger partial charge is 0.244 e. The van der Waals surface area contributed by atoms with Crippen LogP contribution in [0.1, 0.15) is 19.4 Å². The molecule has 0 spiro atoms. The number of nitrogens with one attached hydrogen (secondary N) is 1. The SMILES string of the molecule is CN(C)CC(C)(C)CNC(=O)/C=C/c1ccc(N)cc1. The van der Waals surface area contributed by atoms with E-state index in [4.69, 9.17) is 5.73 Å². The van der Waals surface area contributed by atoms with Gasteiger partial charge in [0.1, 0.15) is 0 Å². The van der Waals surface area contributed by atoms with E-state index in [-0.39, 0.29) is 11.3 Å². The standard InChI is InChI=1S/C16H25N3O/c1-16(2,12-19(3)4)11-18-15(20)10-7-13-5-8-14(17)9-6-13/h5-10H,11-12,17H2,1-4H3,(H,18,20)/b10-7+. The van der Waals surface area contributed by atoms with E-state index in [0.717, 1.165) is 17.8 Å². The van der Waals surface area contributed by atoms with Gasteiger partial charge in [-0.2, -0.15) is 0 Å². The van der Waals surface area contributed by atoms with Crippen LogP contribution in [0.25, 0.3) is 6.08 Å². The third-order valence-corrected chi connectivity index (χ3v) is 2.85. The average molecular weight is 275 g/mol. The second kappa shape index (κ2) is 7.10. The van der Waals surface area contributed by atoms with E-state index in [1.54, 1.807) is 12.2 Å². The zero-order valence-electron chi connectivity index (χ0n) is 12.8. The predicted octanol–water partition coefficient (Wildman–Crippen LogP) is 1.99. The maximum absolute atomic E-state index is 11.8. The Labute approximate surface area is 121 Å². The molecule has 0 saturated heterocycles. The fourth-order valence-corrected chi connectivity index (χ4v) is 2.08. The summed E-state index contributed by atoms with van der Waals surface area (Å²) in [5.74, 6) is -0.0753. The van der Waals surface area contributed by atoms with Crippen molar-refractivity contribution in [2.24, 2.45) is 5.41 Å². The topological polar surface area (TPSA) is 58.4 Å². The van der Waals surface area contributed by atoms with Gasteiger partial charge in [0.15, 0.2) is 0 Å². The number of benzene rings is 1. The van der Waals surface area contributed by atoms with Gasteiger partial charge in [0.05, 0.1) is 0 Å².